The van der Waals surface area contributed by atoms with Gasteiger partial charge in [-0.05, 0) is 24.1 Å². The highest BCUT2D eigenvalue weighted by Crippen LogP contribution is 2.18. The van der Waals surface area contributed by atoms with Gasteiger partial charge in [-0.2, -0.15) is 5.10 Å². The Morgan fingerprint density at radius 2 is 2.07 bits per heavy atom. The number of carbonyl (C=O) groups excluding carboxylic acids is 2. The number of amides is 2. The molecule has 0 bridgehead atoms. The molecule has 3 rings (SSSR count). The van der Waals surface area contributed by atoms with E-state index in [1.54, 1.807) is 11.8 Å². The van der Waals surface area contributed by atoms with Crippen LogP contribution in [0.2, 0.25) is 0 Å². The van der Waals surface area contributed by atoms with Crippen molar-refractivity contribution < 1.29 is 9.59 Å². The van der Waals surface area contributed by atoms with E-state index in [-0.39, 0.29) is 11.8 Å². The Morgan fingerprint density at radius 1 is 1.26 bits per heavy atom. The van der Waals surface area contributed by atoms with Crippen molar-refractivity contribution in [1.29, 1.82) is 0 Å². The zero-order valence-corrected chi connectivity index (χ0v) is 16.7. The molecular weight excluding hydrogens is 360 g/mol. The number of fused-ring (bicyclic) bond motifs is 1. The summed E-state index contributed by atoms with van der Waals surface area (Å²) in [5.41, 5.74) is 4.42. The first-order chi connectivity index (χ1) is 13.1. The summed E-state index contributed by atoms with van der Waals surface area (Å²) >= 11 is 1.66. The minimum absolute atomic E-state index is 0.0171. The topological polar surface area (TPSA) is 67.2 Å². The molecule has 1 aliphatic rings. The minimum atomic E-state index is 0.0171. The highest BCUT2D eigenvalue weighted by atomic mass is 32.2. The van der Waals surface area contributed by atoms with Gasteiger partial charge in [-0.1, -0.05) is 31.2 Å². The lowest BCUT2D eigenvalue weighted by Crippen LogP contribution is -2.39. The largest absolute Gasteiger partial charge is 0.350 e. The molecule has 0 atom stereocenters. The third kappa shape index (κ3) is 5.13. The lowest BCUT2D eigenvalue weighted by Gasteiger charge is -2.27. The molecule has 7 heteroatoms. The Bertz CT molecular complexity index is 818. The van der Waals surface area contributed by atoms with Crippen LogP contribution in [0.4, 0.5) is 0 Å². The number of hydrogen-bond acceptors (Lipinski definition) is 4. The molecule has 0 spiro atoms. The van der Waals surface area contributed by atoms with E-state index in [9.17, 15) is 9.59 Å². The molecule has 0 saturated carbocycles. The van der Waals surface area contributed by atoms with Crippen molar-refractivity contribution in [2.75, 3.05) is 12.3 Å². The summed E-state index contributed by atoms with van der Waals surface area (Å²) in [7, 11) is 0. The second kappa shape index (κ2) is 9.08. The molecule has 1 N–H and O–H groups in total. The standard InChI is InChI=1S/C20H26N4O2S/c1-3-19(25)21-11-17-10-18-12-23(8-9-24(18)22-17)20(26)14-27-13-16-7-5-4-6-15(16)2/h4-7,10H,3,8-9,11-14H2,1-2H3,(H,21,25). The van der Waals surface area contributed by atoms with Crippen LogP contribution >= 0.6 is 11.8 Å². The third-order valence-corrected chi connectivity index (χ3v) is 5.70. The zero-order chi connectivity index (χ0) is 19.2. The number of nitrogens with zero attached hydrogens (tertiary/aromatic N) is 3. The highest BCUT2D eigenvalue weighted by Gasteiger charge is 2.22. The van der Waals surface area contributed by atoms with E-state index in [2.05, 4.69) is 29.5 Å². The van der Waals surface area contributed by atoms with E-state index >= 15 is 0 Å². The SMILES string of the molecule is CCC(=O)NCc1cc2n(n1)CCN(C(=O)CSCc1ccccc1C)C2. The second-order valence-corrected chi connectivity index (χ2v) is 7.70. The van der Waals surface area contributed by atoms with E-state index in [0.717, 1.165) is 17.1 Å². The van der Waals surface area contributed by atoms with Gasteiger partial charge in [-0.3, -0.25) is 14.3 Å². The Kier molecular flexibility index (Phi) is 6.55. The number of aryl methyl sites for hydroxylation is 1. The molecule has 27 heavy (non-hydrogen) atoms. The molecule has 0 radical (unpaired) electrons. The predicted molar refractivity (Wildman–Crippen MR) is 107 cm³/mol. The number of thioether (sulfide) groups is 1. The van der Waals surface area contributed by atoms with Gasteiger partial charge >= 0.3 is 0 Å². The van der Waals surface area contributed by atoms with Gasteiger partial charge in [0.25, 0.3) is 0 Å². The van der Waals surface area contributed by atoms with Crippen LogP contribution in [0, 0.1) is 6.92 Å². The maximum Gasteiger partial charge on any atom is 0.232 e. The zero-order valence-electron chi connectivity index (χ0n) is 15.9. The van der Waals surface area contributed by atoms with Gasteiger partial charge in [0.2, 0.25) is 11.8 Å². The lowest BCUT2D eigenvalue weighted by molar-refractivity contribution is -0.129. The third-order valence-electron chi connectivity index (χ3n) is 4.73. The summed E-state index contributed by atoms with van der Waals surface area (Å²) < 4.78 is 1.94. The number of nitrogens with one attached hydrogen (secondary N) is 1. The van der Waals surface area contributed by atoms with E-state index in [0.29, 0.717) is 38.4 Å². The number of carbonyl (C=O) groups is 2. The predicted octanol–water partition coefficient (Wildman–Crippen LogP) is 2.49. The van der Waals surface area contributed by atoms with Gasteiger partial charge in [0.15, 0.2) is 0 Å². The van der Waals surface area contributed by atoms with Gasteiger partial charge in [-0.25, -0.2) is 0 Å². The van der Waals surface area contributed by atoms with Crippen LogP contribution in [0.25, 0.3) is 0 Å². The van der Waals surface area contributed by atoms with Crippen LogP contribution < -0.4 is 5.32 Å². The summed E-state index contributed by atoms with van der Waals surface area (Å²) in [6.45, 7) is 6.33. The van der Waals surface area contributed by atoms with Crippen molar-refractivity contribution in [2.24, 2.45) is 0 Å². The highest BCUT2D eigenvalue weighted by molar-refractivity contribution is 7.99. The van der Waals surface area contributed by atoms with Gasteiger partial charge in [0.05, 0.1) is 36.8 Å². The van der Waals surface area contributed by atoms with Crippen LogP contribution in [0.1, 0.15) is 35.9 Å². The van der Waals surface area contributed by atoms with E-state index in [4.69, 9.17) is 0 Å². The monoisotopic (exact) mass is 386 g/mol. The molecule has 0 saturated heterocycles. The van der Waals surface area contributed by atoms with Crippen molar-refractivity contribution in [1.82, 2.24) is 20.0 Å². The van der Waals surface area contributed by atoms with Crippen molar-refractivity contribution in [3.05, 3.63) is 52.8 Å². The first-order valence-corrected chi connectivity index (χ1v) is 10.4. The van der Waals surface area contributed by atoms with Crippen LogP contribution in [-0.2, 0) is 35.0 Å². The van der Waals surface area contributed by atoms with Crippen LogP contribution in [0.5, 0.6) is 0 Å². The summed E-state index contributed by atoms with van der Waals surface area (Å²) in [6, 6.07) is 10.3. The molecule has 2 amide bonds. The van der Waals surface area contributed by atoms with Crippen LogP contribution in [-0.4, -0.2) is 38.8 Å². The Labute approximate surface area is 164 Å². The first-order valence-electron chi connectivity index (χ1n) is 9.29. The minimum Gasteiger partial charge on any atom is -0.350 e. The maximum atomic E-state index is 12.6. The molecule has 6 nitrogen and oxygen atoms in total. The van der Waals surface area contributed by atoms with Gasteiger partial charge in [0, 0.05) is 18.7 Å². The summed E-state index contributed by atoms with van der Waals surface area (Å²) in [5, 5.41) is 7.36. The van der Waals surface area contributed by atoms with E-state index in [1.165, 1.54) is 11.1 Å². The number of rotatable bonds is 7. The summed E-state index contributed by atoms with van der Waals surface area (Å²) in [5.74, 6) is 1.53. The number of hydrogen-bond donors (Lipinski definition) is 1. The molecule has 1 aromatic carbocycles. The average Bonchev–Trinajstić information content (AvgIpc) is 3.09. The molecule has 0 aliphatic carbocycles. The summed E-state index contributed by atoms with van der Waals surface area (Å²) in [4.78, 5) is 25.9. The molecule has 1 aliphatic heterocycles. The second-order valence-electron chi connectivity index (χ2n) is 6.72. The van der Waals surface area contributed by atoms with Gasteiger partial charge < -0.3 is 10.2 Å². The first kappa shape index (κ1) is 19.5. The quantitative estimate of drug-likeness (QED) is 0.794. The summed E-state index contributed by atoms with van der Waals surface area (Å²) in [6.07, 6.45) is 0.468. The van der Waals surface area contributed by atoms with E-state index < -0.39 is 0 Å². The number of aromatic nitrogens is 2. The molecular formula is C20H26N4O2S. The molecule has 144 valence electrons. The van der Waals surface area contributed by atoms with Crippen molar-refractivity contribution in [2.45, 2.75) is 45.7 Å². The Morgan fingerprint density at radius 3 is 2.85 bits per heavy atom. The van der Waals surface area contributed by atoms with Gasteiger partial charge in [0.1, 0.15) is 0 Å². The fourth-order valence-electron chi connectivity index (χ4n) is 3.05. The van der Waals surface area contributed by atoms with Crippen molar-refractivity contribution in [3.63, 3.8) is 0 Å². The van der Waals surface area contributed by atoms with Crippen LogP contribution in [0.3, 0.4) is 0 Å². The number of benzene rings is 1. The van der Waals surface area contributed by atoms with Gasteiger partial charge in [-0.15, -0.1) is 11.8 Å². The van der Waals surface area contributed by atoms with Crippen LogP contribution in [0.15, 0.2) is 30.3 Å². The molecule has 1 aromatic heterocycles. The molecule has 0 fully saturated rings. The normalized spacial score (nSPS) is 13.3. The van der Waals surface area contributed by atoms with Crippen molar-refractivity contribution in [3.8, 4) is 0 Å². The maximum absolute atomic E-state index is 12.6. The average molecular weight is 387 g/mol. The fraction of sp³-hybridized carbons (Fsp3) is 0.450. The lowest BCUT2D eigenvalue weighted by atomic mass is 10.1. The Hall–Kier alpha value is -2.28. The van der Waals surface area contributed by atoms with Crippen molar-refractivity contribution >= 4 is 23.6 Å². The molecule has 0 unspecified atom stereocenters. The Balaban J connectivity index is 1.49. The smallest absolute Gasteiger partial charge is 0.232 e. The molecule has 2 heterocycles. The molecule has 2 aromatic rings. The van der Waals surface area contributed by atoms with E-state index in [1.807, 2.05) is 34.7 Å². The fourth-order valence-corrected chi connectivity index (χ4v) is 4.05.